The largest absolute Gasteiger partial charge is 0.338 e. The first-order valence-electron chi connectivity index (χ1n) is 8.75. The zero-order chi connectivity index (χ0) is 15.5. The predicted molar refractivity (Wildman–Crippen MR) is 97.6 cm³/mol. The molecule has 0 aliphatic carbocycles. The molecule has 2 saturated heterocycles. The molecule has 4 heteroatoms. The highest BCUT2D eigenvalue weighted by Gasteiger charge is 2.24. The van der Waals surface area contributed by atoms with Gasteiger partial charge in [0.25, 0.3) is 5.91 Å². The molecular weight excluding hydrogens is 308 g/mol. The van der Waals surface area contributed by atoms with Crippen LogP contribution in [0.2, 0.25) is 0 Å². The summed E-state index contributed by atoms with van der Waals surface area (Å²) in [5.41, 5.74) is 3.60. The zero-order valence-electron chi connectivity index (χ0n) is 14.3. The summed E-state index contributed by atoms with van der Waals surface area (Å²) in [5, 5.41) is 3.42. The lowest BCUT2D eigenvalue weighted by Gasteiger charge is -2.31. The van der Waals surface area contributed by atoms with E-state index in [2.05, 4.69) is 31.3 Å². The van der Waals surface area contributed by atoms with E-state index in [1.165, 1.54) is 30.4 Å². The maximum absolute atomic E-state index is 12.8. The van der Waals surface area contributed by atoms with Gasteiger partial charge in [0.1, 0.15) is 0 Å². The van der Waals surface area contributed by atoms with Crippen molar-refractivity contribution in [3.05, 3.63) is 34.9 Å². The van der Waals surface area contributed by atoms with E-state index in [0.717, 1.165) is 38.2 Å². The normalized spacial score (nSPS) is 22.5. The van der Waals surface area contributed by atoms with Gasteiger partial charge >= 0.3 is 0 Å². The van der Waals surface area contributed by atoms with E-state index in [4.69, 9.17) is 0 Å². The Labute approximate surface area is 146 Å². The molecule has 1 amide bonds. The fraction of sp³-hybridized carbons (Fsp3) is 0.632. The second-order valence-corrected chi connectivity index (χ2v) is 7.09. The van der Waals surface area contributed by atoms with Gasteiger partial charge in [0.15, 0.2) is 0 Å². The first kappa shape index (κ1) is 18.3. The van der Waals surface area contributed by atoms with Crippen molar-refractivity contribution in [2.75, 3.05) is 26.2 Å². The number of benzene rings is 1. The van der Waals surface area contributed by atoms with Crippen LogP contribution in [0.5, 0.6) is 0 Å². The molecule has 1 N–H and O–H groups in total. The Bertz CT molecular complexity index is 540. The number of nitrogens with one attached hydrogen (secondary N) is 1. The van der Waals surface area contributed by atoms with E-state index >= 15 is 0 Å². The van der Waals surface area contributed by atoms with Gasteiger partial charge in [-0.2, -0.15) is 0 Å². The molecule has 2 aliphatic heterocycles. The molecule has 0 radical (unpaired) electrons. The Kier molecular flexibility index (Phi) is 6.49. The standard InChI is InChI=1S/C19H28N2O.ClH/c1-14-4-3-11-21(13-14)19(22)17-6-5-15(2)18(12-17)16-7-9-20-10-8-16;/h5-6,12,14,16,20H,3-4,7-11,13H2,1-2H3;1H. The molecule has 2 fully saturated rings. The number of piperidine rings is 2. The fourth-order valence-electron chi connectivity index (χ4n) is 3.90. The van der Waals surface area contributed by atoms with E-state index in [-0.39, 0.29) is 18.3 Å². The number of aryl methyl sites for hydroxylation is 1. The minimum atomic E-state index is 0. The van der Waals surface area contributed by atoms with Crippen LogP contribution in [0.4, 0.5) is 0 Å². The Morgan fingerprint density at radius 1 is 1.22 bits per heavy atom. The van der Waals surface area contributed by atoms with Gasteiger partial charge in [-0.25, -0.2) is 0 Å². The van der Waals surface area contributed by atoms with Gasteiger partial charge in [0.2, 0.25) is 0 Å². The van der Waals surface area contributed by atoms with Crippen molar-refractivity contribution in [2.45, 2.75) is 45.4 Å². The van der Waals surface area contributed by atoms with E-state index in [1.807, 2.05) is 11.0 Å². The van der Waals surface area contributed by atoms with Crippen LogP contribution in [0, 0.1) is 12.8 Å². The summed E-state index contributed by atoms with van der Waals surface area (Å²) in [7, 11) is 0. The van der Waals surface area contributed by atoms with Crippen molar-refractivity contribution in [1.82, 2.24) is 10.2 Å². The van der Waals surface area contributed by atoms with Gasteiger partial charge in [-0.1, -0.05) is 13.0 Å². The van der Waals surface area contributed by atoms with Crippen LogP contribution in [-0.2, 0) is 0 Å². The summed E-state index contributed by atoms with van der Waals surface area (Å²) in [5.74, 6) is 1.46. The molecule has 23 heavy (non-hydrogen) atoms. The summed E-state index contributed by atoms with van der Waals surface area (Å²) in [6.07, 6.45) is 4.75. The molecule has 128 valence electrons. The minimum absolute atomic E-state index is 0. The molecule has 0 aromatic heterocycles. The van der Waals surface area contributed by atoms with Gasteiger partial charge in [0.05, 0.1) is 0 Å². The molecule has 1 unspecified atom stereocenters. The Hall–Kier alpha value is -1.06. The van der Waals surface area contributed by atoms with Crippen molar-refractivity contribution < 1.29 is 4.79 Å². The lowest BCUT2D eigenvalue weighted by molar-refractivity contribution is 0.0683. The molecular formula is C19H29ClN2O. The first-order chi connectivity index (χ1) is 10.6. The average molecular weight is 337 g/mol. The van der Waals surface area contributed by atoms with Crippen molar-refractivity contribution in [2.24, 2.45) is 5.92 Å². The molecule has 1 aromatic carbocycles. The summed E-state index contributed by atoms with van der Waals surface area (Å²) in [6, 6.07) is 6.33. The van der Waals surface area contributed by atoms with Gasteiger partial charge < -0.3 is 10.2 Å². The number of carbonyl (C=O) groups is 1. The average Bonchev–Trinajstić information content (AvgIpc) is 2.55. The van der Waals surface area contributed by atoms with Crippen LogP contribution in [0.3, 0.4) is 0 Å². The molecule has 3 rings (SSSR count). The van der Waals surface area contributed by atoms with Crippen LogP contribution >= 0.6 is 12.4 Å². The number of hydrogen-bond acceptors (Lipinski definition) is 2. The number of nitrogens with zero attached hydrogens (tertiary/aromatic N) is 1. The quantitative estimate of drug-likeness (QED) is 0.892. The highest BCUT2D eigenvalue weighted by Crippen LogP contribution is 2.29. The summed E-state index contributed by atoms with van der Waals surface area (Å²) < 4.78 is 0. The lowest BCUT2D eigenvalue weighted by Crippen LogP contribution is -2.39. The topological polar surface area (TPSA) is 32.3 Å². The zero-order valence-corrected chi connectivity index (χ0v) is 15.1. The minimum Gasteiger partial charge on any atom is -0.338 e. The molecule has 1 aromatic rings. The molecule has 2 aliphatic rings. The number of halogens is 1. The first-order valence-corrected chi connectivity index (χ1v) is 8.75. The molecule has 3 nitrogen and oxygen atoms in total. The van der Waals surface area contributed by atoms with Gasteiger partial charge in [0, 0.05) is 18.7 Å². The second kappa shape index (κ2) is 8.16. The smallest absolute Gasteiger partial charge is 0.253 e. The summed E-state index contributed by atoms with van der Waals surface area (Å²) >= 11 is 0. The number of hydrogen-bond donors (Lipinski definition) is 1. The number of carbonyl (C=O) groups excluding carboxylic acids is 1. The third kappa shape index (κ3) is 4.27. The number of amides is 1. The molecule has 0 spiro atoms. The molecule has 0 bridgehead atoms. The third-order valence-electron chi connectivity index (χ3n) is 5.25. The Morgan fingerprint density at radius 2 is 1.96 bits per heavy atom. The Balaban J connectivity index is 0.00000192. The highest BCUT2D eigenvalue weighted by molar-refractivity contribution is 5.94. The summed E-state index contributed by atoms with van der Waals surface area (Å²) in [4.78, 5) is 14.9. The highest BCUT2D eigenvalue weighted by atomic mass is 35.5. The van der Waals surface area contributed by atoms with Gasteiger partial charge in [-0.15, -0.1) is 12.4 Å². The molecule has 0 saturated carbocycles. The Morgan fingerprint density at radius 3 is 2.65 bits per heavy atom. The van der Waals surface area contributed by atoms with Crippen LogP contribution in [0.25, 0.3) is 0 Å². The SMILES string of the molecule is Cc1ccc(C(=O)N2CCCC(C)C2)cc1C1CCNCC1.Cl. The van der Waals surface area contributed by atoms with Crippen molar-refractivity contribution in [3.63, 3.8) is 0 Å². The second-order valence-electron chi connectivity index (χ2n) is 7.09. The van der Waals surface area contributed by atoms with Crippen LogP contribution in [-0.4, -0.2) is 37.0 Å². The maximum atomic E-state index is 12.8. The van der Waals surface area contributed by atoms with Crippen LogP contribution in [0.1, 0.15) is 60.0 Å². The number of likely N-dealkylation sites (tertiary alicyclic amines) is 1. The number of rotatable bonds is 2. The van der Waals surface area contributed by atoms with E-state index in [9.17, 15) is 4.79 Å². The lowest BCUT2D eigenvalue weighted by atomic mass is 9.86. The monoisotopic (exact) mass is 336 g/mol. The van der Waals surface area contributed by atoms with E-state index < -0.39 is 0 Å². The van der Waals surface area contributed by atoms with Crippen LogP contribution in [0.15, 0.2) is 18.2 Å². The van der Waals surface area contributed by atoms with Crippen molar-refractivity contribution >= 4 is 18.3 Å². The van der Waals surface area contributed by atoms with Gasteiger partial charge in [-0.3, -0.25) is 4.79 Å². The molecule has 1 atom stereocenters. The third-order valence-corrected chi connectivity index (χ3v) is 5.25. The fourth-order valence-corrected chi connectivity index (χ4v) is 3.90. The van der Waals surface area contributed by atoms with Crippen molar-refractivity contribution in [3.8, 4) is 0 Å². The van der Waals surface area contributed by atoms with Crippen molar-refractivity contribution in [1.29, 1.82) is 0 Å². The van der Waals surface area contributed by atoms with Gasteiger partial charge in [-0.05, 0) is 80.8 Å². The van der Waals surface area contributed by atoms with E-state index in [0.29, 0.717) is 11.8 Å². The van der Waals surface area contributed by atoms with E-state index in [1.54, 1.807) is 0 Å². The maximum Gasteiger partial charge on any atom is 0.253 e. The molecule has 2 heterocycles. The summed E-state index contributed by atoms with van der Waals surface area (Å²) in [6.45, 7) is 8.43. The van der Waals surface area contributed by atoms with Crippen LogP contribution < -0.4 is 5.32 Å². The predicted octanol–water partition coefficient (Wildman–Crippen LogP) is 3.76.